The molecule has 0 spiro atoms. The first kappa shape index (κ1) is 23.9. The number of rotatable bonds is 7. The number of hydrogen-bond donors (Lipinski definition) is 1. The smallest absolute Gasteiger partial charge is 0.387 e. The zero-order valence-corrected chi connectivity index (χ0v) is 19.0. The van der Waals surface area contributed by atoms with Crippen LogP contribution in [0.5, 0.6) is 0 Å². The van der Waals surface area contributed by atoms with Crippen LogP contribution >= 0.6 is 0 Å². The number of guanidine groups is 1. The molecule has 2 N–H and O–H groups in total. The highest BCUT2D eigenvalue weighted by atomic mass is 19.3. The van der Waals surface area contributed by atoms with Crippen molar-refractivity contribution in [2.45, 2.75) is 37.8 Å². The molecule has 4 rings (SSSR count). The molecule has 3 aliphatic rings. The van der Waals surface area contributed by atoms with Crippen molar-refractivity contribution in [1.29, 1.82) is 0 Å². The van der Waals surface area contributed by atoms with Gasteiger partial charge >= 0.3 is 6.61 Å². The molecule has 180 valence electrons. The highest BCUT2D eigenvalue weighted by Crippen LogP contribution is 2.49. The Morgan fingerprint density at radius 1 is 1.35 bits per heavy atom. The maximum Gasteiger partial charge on any atom is 0.387 e. The first-order chi connectivity index (χ1) is 16.3. The van der Waals surface area contributed by atoms with Crippen molar-refractivity contribution in [1.82, 2.24) is 4.90 Å². The van der Waals surface area contributed by atoms with Crippen LogP contribution in [-0.2, 0) is 19.8 Å². The zero-order valence-electron chi connectivity index (χ0n) is 19.0. The van der Waals surface area contributed by atoms with Crippen LogP contribution in [0.25, 0.3) is 0 Å². The third kappa shape index (κ3) is 4.42. The molecule has 0 aromatic heterocycles. The van der Waals surface area contributed by atoms with Gasteiger partial charge in [-0.15, -0.1) is 0 Å². The molecule has 1 amide bonds. The van der Waals surface area contributed by atoms with Crippen molar-refractivity contribution in [3.63, 3.8) is 0 Å². The summed E-state index contributed by atoms with van der Waals surface area (Å²) in [6, 6.07) is 4.27. The number of carbonyl (C=O) groups is 1. The van der Waals surface area contributed by atoms with E-state index in [9.17, 15) is 18.0 Å². The van der Waals surface area contributed by atoms with Gasteiger partial charge < -0.3 is 15.2 Å². The van der Waals surface area contributed by atoms with Crippen LogP contribution in [-0.4, -0.2) is 44.1 Å². The lowest BCUT2D eigenvalue weighted by Crippen LogP contribution is -2.45. The molecule has 1 aromatic carbocycles. The highest BCUT2D eigenvalue weighted by Gasteiger charge is 2.53. The minimum absolute atomic E-state index is 0.0297. The van der Waals surface area contributed by atoms with Gasteiger partial charge in [0.1, 0.15) is 11.6 Å². The van der Waals surface area contributed by atoms with Crippen molar-refractivity contribution >= 4 is 11.9 Å². The van der Waals surface area contributed by atoms with E-state index < -0.39 is 23.9 Å². The molecule has 1 unspecified atom stereocenters. The number of allylic oxidation sites excluding steroid dienone is 2. The third-order valence-corrected chi connectivity index (χ3v) is 6.32. The number of amides is 1. The number of ether oxygens (including phenoxy) is 2. The standard InChI is InChI=1S/C25H26F3N3O3/c1-31-22(32)25(30-24(31)29,17-8-10-20(26)16(13-17)5-3-4-12-33-2)18-9-11-21(34-23(27)28)19(14-18)15-6-7-15/h8,10-11,13-15,18,23H,4,6-7,9,12H2,1-2H3,(H2,29,30)/t18?,25-/m0/s1. The molecule has 1 saturated carbocycles. The van der Waals surface area contributed by atoms with Crippen molar-refractivity contribution in [3.8, 4) is 11.8 Å². The molecule has 0 saturated heterocycles. The third-order valence-electron chi connectivity index (χ3n) is 6.32. The average Bonchev–Trinajstić information content (AvgIpc) is 3.62. The van der Waals surface area contributed by atoms with E-state index in [-0.39, 0.29) is 35.5 Å². The van der Waals surface area contributed by atoms with Crippen LogP contribution in [0.4, 0.5) is 13.2 Å². The van der Waals surface area contributed by atoms with E-state index in [2.05, 4.69) is 16.8 Å². The van der Waals surface area contributed by atoms with E-state index in [0.29, 0.717) is 24.2 Å². The van der Waals surface area contributed by atoms with Gasteiger partial charge in [0.2, 0.25) is 0 Å². The fourth-order valence-electron chi connectivity index (χ4n) is 4.43. The molecule has 0 bridgehead atoms. The predicted octanol–water partition coefficient (Wildman–Crippen LogP) is 3.68. The number of halogens is 3. The Bertz CT molecular complexity index is 1130. The normalized spacial score (nSPS) is 24.4. The highest BCUT2D eigenvalue weighted by molar-refractivity contribution is 6.07. The molecular formula is C25H26F3N3O3. The zero-order chi connectivity index (χ0) is 24.5. The Labute approximate surface area is 196 Å². The van der Waals surface area contributed by atoms with Crippen LogP contribution in [0.3, 0.4) is 0 Å². The Kier molecular flexibility index (Phi) is 6.71. The molecule has 2 aliphatic carbocycles. The maximum absolute atomic E-state index is 14.5. The summed E-state index contributed by atoms with van der Waals surface area (Å²) in [5.74, 6) is 4.49. The largest absolute Gasteiger partial charge is 0.435 e. The van der Waals surface area contributed by atoms with Gasteiger partial charge in [0.05, 0.1) is 12.2 Å². The lowest BCUT2D eigenvalue weighted by Gasteiger charge is -2.34. The minimum Gasteiger partial charge on any atom is -0.435 e. The average molecular weight is 473 g/mol. The van der Waals surface area contributed by atoms with Gasteiger partial charge in [0.25, 0.3) is 5.91 Å². The lowest BCUT2D eigenvalue weighted by atomic mass is 9.73. The molecule has 1 fully saturated rings. The Morgan fingerprint density at radius 3 is 2.74 bits per heavy atom. The van der Waals surface area contributed by atoms with Gasteiger partial charge in [-0.05, 0) is 54.5 Å². The van der Waals surface area contributed by atoms with Crippen molar-refractivity contribution in [2.24, 2.45) is 22.6 Å². The first-order valence-corrected chi connectivity index (χ1v) is 11.1. The van der Waals surface area contributed by atoms with Gasteiger partial charge in [-0.2, -0.15) is 8.78 Å². The molecular weight excluding hydrogens is 447 g/mol. The van der Waals surface area contributed by atoms with Gasteiger partial charge in [-0.3, -0.25) is 9.69 Å². The number of nitrogens with two attached hydrogens (primary N) is 1. The summed E-state index contributed by atoms with van der Waals surface area (Å²) >= 11 is 0. The van der Waals surface area contributed by atoms with Gasteiger partial charge in [0.15, 0.2) is 11.5 Å². The fraction of sp³-hybridized carbons (Fsp3) is 0.440. The quantitative estimate of drug-likeness (QED) is 0.484. The first-order valence-electron chi connectivity index (χ1n) is 11.1. The van der Waals surface area contributed by atoms with Gasteiger partial charge in [-0.25, -0.2) is 9.38 Å². The van der Waals surface area contributed by atoms with Crippen molar-refractivity contribution in [3.05, 3.63) is 58.6 Å². The van der Waals surface area contributed by atoms with Crippen molar-refractivity contribution in [2.75, 3.05) is 20.8 Å². The number of nitrogens with zero attached hydrogens (tertiary/aromatic N) is 2. The fourth-order valence-corrected chi connectivity index (χ4v) is 4.43. The number of likely N-dealkylation sites (N-methyl/N-ethyl adjacent to an activating group) is 1. The Balaban J connectivity index is 1.79. The van der Waals surface area contributed by atoms with E-state index >= 15 is 0 Å². The van der Waals surface area contributed by atoms with E-state index in [4.69, 9.17) is 15.2 Å². The van der Waals surface area contributed by atoms with E-state index in [0.717, 1.165) is 12.8 Å². The SMILES string of the molecule is COCCC#Cc1cc([C@@]2(C3C=C(C4CC4)C(OC(F)F)=CC3)N=C(N)N(C)C2=O)ccc1F. The molecule has 1 aromatic rings. The number of aliphatic imine (C=N–C) groups is 1. The number of methoxy groups -OCH3 is 1. The van der Waals surface area contributed by atoms with E-state index in [1.165, 1.54) is 30.1 Å². The Morgan fingerprint density at radius 2 is 2.12 bits per heavy atom. The number of benzene rings is 1. The van der Waals surface area contributed by atoms with Crippen LogP contribution in [0, 0.1) is 29.5 Å². The number of carbonyl (C=O) groups excluding carboxylic acids is 1. The summed E-state index contributed by atoms with van der Waals surface area (Å²) in [6.07, 6.45) is 5.74. The topological polar surface area (TPSA) is 77.2 Å². The van der Waals surface area contributed by atoms with Crippen LogP contribution in [0.1, 0.15) is 36.8 Å². The molecule has 2 atom stereocenters. The van der Waals surface area contributed by atoms with Gasteiger partial charge in [-0.1, -0.05) is 24.0 Å². The summed E-state index contributed by atoms with van der Waals surface area (Å²) < 4.78 is 50.2. The van der Waals surface area contributed by atoms with Crippen LogP contribution in [0.2, 0.25) is 0 Å². The second-order valence-corrected chi connectivity index (χ2v) is 8.53. The van der Waals surface area contributed by atoms with E-state index in [1.807, 2.05) is 0 Å². The molecule has 0 radical (unpaired) electrons. The summed E-state index contributed by atoms with van der Waals surface area (Å²) in [5.41, 5.74) is 5.79. The van der Waals surface area contributed by atoms with Crippen LogP contribution < -0.4 is 5.73 Å². The molecule has 34 heavy (non-hydrogen) atoms. The van der Waals surface area contributed by atoms with Crippen molar-refractivity contribution < 1.29 is 27.4 Å². The summed E-state index contributed by atoms with van der Waals surface area (Å²) in [7, 11) is 3.07. The minimum atomic E-state index is -2.94. The maximum atomic E-state index is 14.5. The van der Waals surface area contributed by atoms with E-state index in [1.54, 1.807) is 19.3 Å². The lowest BCUT2D eigenvalue weighted by molar-refractivity contribution is -0.132. The number of hydrogen-bond acceptors (Lipinski definition) is 5. The predicted molar refractivity (Wildman–Crippen MR) is 120 cm³/mol. The van der Waals surface area contributed by atoms with Gasteiger partial charge in [0, 0.05) is 26.5 Å². The summed E-state index contributed by atoms with van der Waals surface area (Å²) in [6.45, 7) is -2.53. The molecule has 6 nitrogen and oxygen atoms in total. The number of alkyl halides is 2. The van der Waals surface area contributed by atoms with Crippen LogP contribution in [0.15, 0.2) is 46.7 Å². The monoisotopic (exact) mass is 473 g/mol. The molecule has 1 aliphatic heterocycles. The summed E-state index contributed by atoms with van der Waals surface area (Å²) in [4.78, 5) is 19.4. The molecule has 9 heteroatoms. The Hall–Kier alpha value is -3.25. The summed E-state index contributed by atoms with van der Waals surface area (Å²) in [5, 5.41) is 0. The second-order valence-electron chi connectivity index (χ2n) is 8.53. The second kappa shape index (κ2) is 9.55. The molecule has 1 heterocycles.